The highest BCUT2D eigenvalue weighted by Gasteiger charge is 2.10. The molecule has 0 atom stereocenters. The molecule has 0 aliphatic rings. The monoisotopic (exact) mass is 316 g/mol. The van der Waals surface area contributed by atoms with E-state index in [4.69, 9.17) is 0 Å². The fourth-order valence-corrected chi connectivity index (χ4v) is 3.06. The molecule has 0 fully saturated rings. The predicted molar refractivity (Wildman–Crippen MR) is 84.5 cm³/mol. The summed E-state index contributed by atoms with van der Waals surface area (Å²) in [4.78, 5) is 16.4. The van der Waals surface area contributed by atoms with Crippen LogP contribution < -0.4 is 5.32 Å². The standard InChI is InChI=1S/C14H12N4OS2/c1-9-2-4-10(5-3-9)13-16-11(7-20-13)6-12(19)17-14-18-15-8-21-14/h2-5,7-8H,6H2,1H3,(H,17,18,19). The molecule has 0 unspecified atom stereocenters. The van der Waals surface area contributed by atoms with Gasteiger partial charge in [-0.15, -0.1) is 21.5 Å². The second kappa shape index (κ2) is 6.11. The molecule has 21 heavy (non-hydrogen) atoms. The Labute approximate surface area is 129 Å². The van der Waals surface area contributed by atoms with Crippen LogP contribution in [0.3, 0.4) is 0 Å². The van der Waals surface area contributed by atoms with E-state index in [9.17, 15) is 4.79 Å². The van der Waals surface area contributed by atoms with Gasteiger partial charge in [-0.25, -0.2) is 4.98 Å². The van der Waals surface area contributed by atoms with Crippen molar-refractivity contribution in [2.75, 3.05) is 5.32 Å². The van der Waals surface area contributed by atoms with E-state index < -0.39 is 0 Å². The molecule has 0 saturated heterocycles. The Balaban J connectivity index is 1.67. The van der Waals surface area contributed by atoms with Gasteiger partial charge < -0.3 is 5.32 Å². The lowest BCUT2D eigenvalue weighted by atomic mass is 10.2. The molecule has 1 aromatic carbocycles. The van der Waals surface area contributed by atoms with Gasteiger partial charge in [-0.2, -0.15) is 0 Å². The van der Waals surface area contributed by atoms with E-state index in [0.29, 0.717) is 5.13 Å². The van der Waals surface area contributed by atoms with Gasteiger partial charge in [-0.3, -0.25) is 4.79 Å². The first kappa shape index (κ1) is 13.8. The Morgan fingerprint density at radius 1 is 1.24 bits per heavy atom. The van der Waals surface area contributed by atoms with Gasteiger partial charge >= 0.3 is 0 Å². The summed E-state index contributed by atoms with van der Waals surface area (Å²) in [6.45, 7) is 2.05. The van der Waals surface area contributed by atoms with Gasteiger partial charge in [0.05, 0.1) is 12.1 Å². The maximum absolute atomic E-state index is 11.9. The van der Waals surface area contributed by atoms with Gasteiger partial charge in [-0.05, 0) is 6.92 Å². The highest BCUT2D eigenvalue weighted by molar-refractivity contribution is 7.13. The van der Waals surface area contributed by atoms with E-state index in [0.717, 1.165) is 16.3 Å². The highest BCUT2D eigenvalue weighted by Crippen LogP contribution is 2.24. The number of carbonyl (C=O) groups excluding carboxylic acids is 1. The molecule has 7 heteroatoms. The van der Waals surface area contributed by atoms with Crippen molar-refractivity contribution >= 4 is 33.7 Å². The van der Waals surface area contributed by atoms with E-state index in [-0.39, 0.29) is 12.3 Å². The van der Waals surface area contributed by atoms with Crippen molar-refractivity contribution in [1.82, 2.24) is 15.2 Å². The number of aromatic nitrogens is 3. The molecule has 0 aliphatic heterocycles. The molecule has 0 saturated carbocycles. The maximum atomic E-state index is 11.9. The average Bonchev–Trinajstić information content (AvgIpc) is 3.11. The largest absolute Gasteiger partial charge is 0.300 e. The van der Waals surface area contributed by atoms with E-state index in [2.05, 4.69) is 39.6 Å². The lowest BCUT2D eigenvalue weighted by Crippen LogP contribution is -2.14. The number of amides is 1. The Kier molecular flexibility index (Phi) is 4.03. The third-order valence-electron chi connectivity index (χ3n) is 2.80. The summed E-state index contributed by atoms with van der Waals surface area (Å²) < 4.78 is 0. The van der Waals surface area contributed by atoms with Gasteiger partial charge in [-0.1, -0.05) is 41.2 Å². The molecule has 3 rings (SSSR count). The zero-order chi connectivity index (χ0) is 14.7. The zero-order valence-corrected chi connectivity index (χ0v) is 12.9. The van der Waals surface area contributed by atoms with Crippen LogP contribution in [0.15, 0.2) is 35.2 Å². The minimum Gasteiger partial charge on any atom is -0.300 e. The SMILES string of the molecule is Cc1ccc(-c2nc(CC(=O)Nc3nncs3)cs2)cc1. The maximum Gasteiger partial charge on any atom is 0.232 e. The molecule has 0 spiro atoms. The average molecular weight is 316 g/mol. The second-order valence-corrected chi connectivity index (χ2v) is 6.17. The number of carbonyl (C=O) groups is 1. The highest BCUT2D eigenvalue weighted by atomic mass is 32.1. The fraction of sp³-hybridized carbons (Fsp3) is 0.143. The third kappa shape index (κ3) is 3.50. The van der Waals surface area contributed by atoms with Crippen molar-refractivity contribution in [3.63, 3.8) is 0 Å². The summed E-state index contributed by atoms with van der Waals surface area (Å²) in [7, 11) is 0. The van der Waals surface area contributed by atoms with Crippen molar-refractivity contribution in [1.29, 1.82) is 0 Å². The van der Waals surface area contributed by atoms with Crippen molar-refractivity contribution in [3.8, 4) is 10.6 Å². The molecule has 0 radical (unpaired) electrons. The molecule has 0 aliphatic carbocycles. The van der Waals surface area contributed by atoms with Gasteiger partial charge in [0.15, 0.2) is 0 Å². The van der Waals surface area contributed by atoms with Crippen LogP contribution in [0.25, 0.3) is 10.6 Å². The van der Waals surface area contributed by atoms with Crippen molar-refractivity contribution in [2.45, 2.75) is 13.3 Å². The number of hydrogen-bond donors (Lipinski definition) is 1. The number of nitrogens with zero attached hydrogens (tertiary/aromatic N) is 3. The topological polar surface area (TPSA) is 67.8 Å². The number of thiazole rings is 1. The molecule has 1 N–H and O–H groups in total. The second-order valence-electron chi connectivity index (χ2n) is 4.48. The van der Waals surface area contributed by atoms with Crippen LogP contribution in [-0.4, -0.2) is 21.1 Å². The first-order chi connectivity index (χ1) is 10.2. The number of anilines is 1. The molecular weight excluding hydrogens is 304 g/mol. The number of benzene rings is 1. The Morgan fingerprint density at radius 3 is 2.76 bits per heavy atom. The van der Waals surface area contributed by atoms with E-state index in [1.807, 2.05) is 17.5 Å². The van der Waals surface area contributed by atoms with Crippen LogP contribution in [0.2, 0.25) is 0 Å². The van der Waals surface area contributed by atoms with E-state index in [1.54, 1.807) is 16.8 Å². The van der Waals surface area contributed by atoms with Crippen LogP contribution in [0.5, 0.6) is 0 Å². The molecule has 2 heterocycles. The van der Waals surface area contributed by atoms with Gasteiger partial charge in [0.2, 0.25) is 11.0 Å². The molecule has 1 amide bonds. The summed E-state index contributed by atoms with van der Waals surface area (Å²) in [5.41, 5.74) is 4.62. The van der Waals surface area contributed by atoms with Gasteiger partial charge in [0, 0.05) is 10.9 Å². The van der Waals surface area contributed by atoms with Crippen LogP contribution in [-0.2, 0) is 11.2 Å². The molecule has 0 bridgehead atoms. The van der Waals surface area contributed by atoms with E-state index >= 15 is 0 Å². The summed E-state index contributed by atoms with van der Waals surface area (Å²) >= 11 is 2.84. The predicted octanol–water partition coefficient (Wildman–Crippen LogP) is 3.15. The van der Waals surface area contributed by atoms with Gasteiger partial charge in [0.25, 0.3) is 0 Å². The lowest BCUT2D eigenvalue weighted by molar-refractivity contribution is -0.115. The van der Waals surface area contributed by atoms with Crippen molar-refractivity contribution < 1.29 is 4.79 Å². The van der Waals surface area contributed by atoms with Crippen molar-refractivity contribution in [2.24, 2.45) is 0 Å². The Hall–Kier alpha value is -2.12. The quantitative estimate of drug-likeness (QED) is 0.803. The molecule has 2 aromatic heterocycles. The van der Waals surface area contributed by atoms with Crippen LogP contribution >= 0.6 is 22.7 Å². The first-order valence-electron chi connectivity index (χ1n) is 6.28. The number of nitrogens with one attached hydrogen (secondary N) is 1. The number of aryl methyl sites for hydroxylation is 1. The smallest absolute Gasteiger partial charge is 0.232 e. The van der Waals surface area contributed by atoms with Crippen molar-refractivity contribution in [3.05, 3.63) is 46.4 Å². The molecule has 106 valence electrons. The van der Waals surface area contributed by atoms with Crippen LogP contribution in [0.4, 0.5) is 5.13 Å². The number of hydrogen-bond acceptors (Lipinski definition) is 6. The molecule has 5 nitrogen and oxygen atoms in total. The zero-order valence-electron chi connectivity index (χ0n) is 11.2. The van der Waals surface area contributed by atoms with E-state index in [1.165, 1.54) is 16.9 Å². The molecular formula is C14H12N4OS2. The summed E-state index contributed by atoms with van der Waals surface area (Å²) in [6, 6.07) is 8.19. The normalized spacial score (nSPS) is 10.5. The van der Waals surface area contributed by atoms with Crippen LogP contribution in [0.1, 0.15) is 11.3 Å². The van der Waals surface area contributed by atoms with Crippen LogP contribution in [0, 0.1) is 6.92 Å². The Bertz CT molecular complexity index is 735. The fourth-order valence-electron chi connectivity index (χ4n) is 1.77. The summed E-state index contributed by atoms with van der Waals surface area (Å²) in [6.07, 6.45) is 0.238. The summed E-state index contributed by atoms with van der Waals surface area (Å²) in [5.74, 6) is -0.132. The Morgan fingerprint density at radius 2 is 2.05 bits per heavy atom. The lowest BCUT2D eigenvalue weighted by Gasteiger charge is -1.98. The number of rotatable bonds is 4. The minimum atomic E-state index is -0.132. The first-order valence-corrected chi connectivity index (χ1v) is 8.04. The van der Waals surface area contributed by atoms with Gasteiger partial charge in [0.1, 0.15) is 10.5 Å². The molecule has 3 aromatic rings. The third-order valence-corrected chi connectivity index (χ3v) is 4.35. The summed E-state index contributed by atoms with van der Waals surface area (Å²) in [5, 5.41) is 13.5. The minimum absolute atomic E-state index is 0.132.